The van der Waals surface area contributed by atoms with Gasteiger partial charge in [-0.3, -0.25) is 9.59 Å². The molecule has 8 heteroatoms. The van der Waals surface area contributed by atoms with Crippen molar-refractivity contribution in [2.45, 2.75) is 40.2 Å². The summed E-state index contributed by atoms with van der Waals surface area (Å²) in [7, 11) is 0. The van der Waals surface area contributed by atoms with E-state index < -0.39 is 0 Å². The van der Waals surface area contributed by atoms with Crippen molar-refractivity contribution < 1.29 is 19.1 Å². The van der Waals surface area contributed by atoms with Crippen LogP contribution >= 0.6 is 11.6 Å². The molecule has 0 heterocycles. The van der Waals surface area contributed by atoms with Crippen LogP contribution in [0.3, 0.4) is 0 Å². The molecule has 0 fully saturated rings. The van der Waals surface area contributed by atoms with E-state index >= 15 is 0 Å². The van der Waals surface area contributed by atoms with Crippen LogP contribution in [-0.2, 0) is 16.2 Å². The van der Waals surface area contributed by atoms with Gasteiger partial charge in [0.05, 0.1) is 12.8 Å². The predicted molar refractivity (Wildman–Crippen MR) is 143 cm³/mol. The summed E-state index contributed by atoms with van der Waals surface area (Å²) in [5.41, 5.74) is 6.94. The second kappa shape index (κ2) is 13.3. The third-order valence-corrected chi connectivity index (χ3v) is 5.63. The standard InChI is InChI=1S/C28H30ClN3O4/c1-4-35-26-15-22(10-12-25(26)36-18-21-8-5-19(2)6-9-21)17-30-32-28(34)14-13-27(33)31-23-11-7-20(3)24(29)16-23/h5-12,15-17H,4,13-14,18H2,1-3H3,(H,31,33)(H,32,34). The van der Waals surface area contributed by atoms with Gasteiger partial charge in [0, 0.05) is 23.6 Å². The topological polar surface area (TPSA) is 89.0 Å². The van der Waals surface area contributed by atoms with Gasteiger partial charge >= 0.3 is 0 Å². The minimum absolute atomic E-state index is 0.00124. The molecule has 188 valence electrons. The zero-order valence-electron chi connectivity index (χ0n) is 20.6. The van der Waals surface area contributed by atoms with Gasteiger partial charge in [0.15, 0.2) is 11.5 Å². The van der Waals surface area contributed by atoms with Gasteiger partial charge in [-0.05, 0) is 67.8 Å². The van der Waals surface area contributed by atoms with Crippen molar-refractivity contribution >= 4 is 35.3 Å². The van der Waals surface area contributed by atoms with Gasteiger partial charge < -0.3 is 14.8 Å². The molecule has 36 heavy (non-hydrogen) atoms. The fraction of sp³-hybridized carbons (Fsp3) is 0.250. The molecule has 2 amide bonds. The molecule has 0 unspecified atom stereocenters. The Morgan fingerprint density at radius 1 is 0.917 bits per heavy atom. The van der Waals surface area contributed by atoms with Crippen LogP contribution in [-0.4, -0.2) is 24.6 Å². The monoisotopic (exact) mass is 507 g/mol. The van der Waals surface area contributed by atoms with E-state index in [0.717, 1.165) is 16.7 Å². The lowest BCUT2D eigenvalue weighted by atomic mass is 10.2. The summed E-state index contributed by atoms with van der Waals surface area (Å²) in [5, 5.41) is 7.28. The van der Waals surface area contributed by atoms with Crippen LogP contribution in [0.1, 0.15) is 42.0 Å². The van der Waals surface area contributed by atoms with Crippen molar-refractivity contribution in [3.05, 3.63) is 87.9 Å². The molecule has 0 radical (unpaired) electrons. The number of amides is 2. The van der Waals surface area contributed by atoms with Gasteiger partial charge in [-0.15, -0.1) is 0 Å². The molecule has 7 nitrogen and oxygen atoms in total. The molecule has 0 saturated carbocycles. The van der Waals surface area contributed by atoms with E-state index in [-0.39, 0.29) is 24.7 Å². The summed E-state index contributed by atoms with van der Waals surface area (Å²) >= 11 is 6.07. The second-order valence-corrected chi connectivity index (χ2v) is 8.63. The Kier molecular flexibility index (Phi) is 9.89. The lowest BCUT2D eigenvalue weighted by Crippen LogP contribution is -2.20. The third kappa shape index (κ3) is 8.43. The van der Waals surface area contributed by atoms with Crippen LogP contribution in [0.25, 0.3) is 0 Å². The molecule has 0 spiro atoms. The number of carbonyl (C=O) groups is 2. The molecule has 0 aliphatic heterocycles. The Morgan fingerprint density at radius 2 is 1.67 bits per heavy atom. The quantitative estimate of drug-likeness (QED) is 0.253. The van der Waals surface area contributed by atoms with E-state index in [4.69, 9.17) is 21.1 Å². The Bertz CT molecular complexity index is 1230. The summed E-state index contributed by atoms with van der Waals surface area (Å²) in [4.78, 5) is 24.2. The van der Waals surface area contributed by atoms with E-state index in [9.17, 15) is 9.59 Å². The zero-order chi connectivity index (χ0) is 25.9. The lowest BCUT2D eigenvalue weighted by molar-refractivity contribution is -0.124. The molecule has 0 bridgehead atoms. The lowest BCUT2D eigenvalue weighted by Gasteiger charge is -2.12. The summed E-state index contributed by atoms with van der Waals surface area (Å²) in [6, 6.07) is 18.8. The van der Waals surface area contributed by atoms with Crippen LogP contribution < -0.4 is 20.2 Å². The Morgan fingerprint density at radius 3 is 2.39 bits per heavy atom. The number of nitrogens with zero attached hydrogens (tertiary/aromatic N) is 1. The molecule has 0 aliphatic rings. The number of hydrazone groups is 1. The number of nitrogens with one attached hydrogen (secondary N) is 2. The normalized spacial score (nSPS) is 10.8. The highest BCUT2D eigenvalue weighted by atomic mass is 35.5. The number of hydrogen-bond acceptors (Lipinski definition) is 5. The van der Waals surface area contributed by atoms with Crippen molar-refractivity contribution in [1.82, 2.24) is 5.43 Å². The number of carbonyl (C=O) groups excluding carboxylic acids is 2. The van der Waals surface area contributed by atoms with E-state index in [1.54, 1.807) is 18.2 Å². The maximum atomic E-state index is 12.1. The minimum Gasteiger partial charge on any atom is -0.490 e. The van der Waals surface area contributed by atoms with Crippen LogP contribution in [0.2, 0.25) is 5.02 Å². The number of aryl methyl sites for hydroxylation is 2. The summed E-state index contributed by atoms with van der Waals surface area (Å²) < 4.78 is 11.7. The SMILES string of the molecule is CCOc1cc(C=NNC(=O)CCC(=O)Nc2ccc(C)c(Cl)c2)ccc1OCc1ccc(C)cc1. The van der Waals surface area contributed by atoms with Gasteiger partial charge in [0.25, 0.3) is 0 Å². The smallest absolute Gasteiger partial charge is 0.240 e. The fourth-order valence-electron chi connectivity index (χ4n) is 3.19. The van der Waals surface area contributed by atoms with Gasteiger partial charge in [-0.1, -0.05) is 47.5 Å². The van der Waals surface area contributed by atoms with Crippen LogP contribution in [0, 0.1) is 13.8 Å². The minimum atomic E-state index is -0.369. The van der Waals surface area contributed by atoms with Gasteiger partial charge in [0.1, 0.15) is 6.61 Å². The maximum Gasteiger partial charge on any atom is 0.240 e. The second-order valence-electron chi connectivity index (χ2n) is 8.22. The number of hydrogen-bond donors (Lipinski definition) is 2. The molecule has 2 N–H and O–H groups in total. The number of anilines is 1. The predicted octanol–water partition coefficient (Wildman–Crippen LogP) is 5.80. The van der Waals surface area contributed by atoms with E-state index in [1.807, 2.05) is 63.2 Å². The first-order valence-corrected chi connectivity index (χ1v) is 12.0. The van der Waals surface area contributed by atoms with E-state index in [0.29, 0.717) is 35.4 Å². The van der Waals surface area contributed by atoms with Crippen molar-refractivity contribution in [3.8, 4) is 11.5 Å². The van der Waals surface area contributed by atoms with Crippen molar-refractivity contribution in [1.29, 1.82) is 0 Å². The Labute approximate surface area is 216 Å². The number of ether oxygens (including phenoxy) is 2. The molecule has 0 atom stereocenters. The van der Waals surface area contributed by atoms with E-state index in [1.165, 1.54) is 11.8 Å². The third-order valence-electron chi connectivity index (χ3n) is 5.22. The highest BCUT2D eigenvalue weighted by Crippen LogP contribution is 2.29. The number of halogens is 1. The average molecular weight is 508 g/mol. The van der Waals surface area contributed by atoms with Crippen LogP contribution in [0.5, 0.6) is 11.5 Å². The van der Waals surface area contributed by atoms with Gasteiger partial charge in [-0.25, -0.2) is 5.43 Å². The molecule has 0 aliphatic carbocycles. The Hall–Kier alpha value is -3.84. The van der Waals surface area contributed by atoms with Gasteiger partial charge in [-0.2, -0.15) is 5.10 Å². The summed E-state index contributed by atoms with van der Waals surface area (Å²) in [5.74, 6) is 0.565. The van der Waals surface area contributed by atoms with Crippen molar-refractivity contribution in [3.63, 3.8) is 0 Å². The fourth-order valence-corrected chi connectivity index (χ4v) is 3.37. The highest BCUT2D eigenvalue weighted by molar-refractivity contribution is 6.31. The molecule has 0 aromatic heterocycles. The first-order valence-electron chi connectivity index (χ1n) is 11.7. The first kappa shape index (κ1) is 26.8. The first-order chi connectivity index (χ1) is 17.3. The summed E-state index contributed by atoms with van der Waals surface area (Å²) in [6.07, 6.45) is 1.53. The average Bonchev–Trinajstić information content (AvgIpc) is 2.86. The van der Waals surface area contributed by atoms with Crippen molar-refractivity contribution in [2.24, 2.45) is 5.10 Å². The largest absolute Gasteiger partial charge is 0.490 e. The maximum absolute atomic E-state index is 12.1. The Balaban J connectivity index is 1.48. The van der Waals surface area contributed by atoms with E-state index in [2.05, 4.69) is 15.8 Å². The molecular weight excluding hydrogens is 478 g/mol. The van der Waals surface area contributed by atoms with Crippen LogP contribution in [0.4, 0.5) is 5.69 Å². The summed E-state index contributed by atoms with van der Waals surface area (Å²) in [6.45, 7) is 6.73. The molecule has 3 aromatic carbocycles. The highest BCUT2D eigenvalue weighted by Gasteiger charge is 2.09. The number of benzene rings is 3. The van der Waals surface area contributed by atoms with Gasteiger partial charge in [0.2, 0.25) is 11.8 Å². The van der Waals surface area contributed by atoms with Crippen molar-refractivity contribution in [2.75, 3.05) is 11.9 Å². The van der Waals surface area contributed by atoms with Crippen LogP contribution in [0.15, 0.2) is 65.8 Å². The molecule has 3 rings (SSSR count). The zero-order valence-corrected chi connectivity index (χ0v) is 21.4. The molecule has 0 saturated heterocycles. The molecule has 3 aromatic rings. The number of rotatable bonds is 11. The molecular formula is C28H30ClN3O4.